The predicted octanol–water partition coefficient (Wildman–Crippen LogP) is 18.1. The molecule has 4 atom stereocenters. The minimum absolute atomic E-state index is 0. The Balaban J connectivity index is -0.0000000252. The zero-order valence-corrected chi connectivity index (χ0v) is 85.5. The topological polar surface area (TPSA) is 95.2 Å². The molecule has 0 aliphatic carbocycles. The second-order valence-electron chi connectivity index (χ2n) is 11.8. The van der Waals surface area contributed by atoms with Crippen LogP contribution in [-0.2, 0) is 467 Å². The summed E-state index contributed by atoms with van der Waals surface area (Å²) in [6, 6.07) is 35.6. The number of nitrogens with one attached hydrogen (secondary N) is 4. The molecule has 0 saturated heterocycles. The van der Waals surface area contributed by atoms with E-state index in [2.05, 4.69) is 77.9 Å². The molecule has 405 valence electrons. The first-order chi connectivity index (χ1) is 30.6. The zero-order chi connectivity index (χ0) is 49.6. The first kappa shape index (κ1) is 155. The van der Waals surface area contributed by atoms with Crippen molar-refractivity contribution >= 4 is 24.3 Å². The van der Waals surface area contributed by atoms with E-state index in [1.54, 1.807) is 37.3 Å². The van der Waals surface area contributed by atoms with Crippen LogP contribution in [-0.4, -0.2) is 0 Å². The molecule has 0 spiro atoms. The summed E-state index contributed by atoms with van der Waals surface area (Å²) in [6.07, 6.45) is 24.5. The molecule has 0 saturated carbocycles. The van der Waals surface area contributed by atoms with Crippen LogP contribution in [0.15, 0.2) is 134 Å². The molecule has 0 heterocycles. The van der Waals surface area contributed by atoms with Crippen molar-refractivity contribution in [1.29, 1.82) is 0 Å². The Hall–Kier alpha value is 8.66. The van der Waals surface area contributed by atoms with Crippen LogP contribution in [0, 0.1) is 131 Å². The van der Waals surface area contributed by atoms with Crippen LogP contribution in [0.4, 0.5) is 0 Å². The Morgan fingerprint density at radius 1 is 0.390 bits per heavy atom. The van der Waals surface area contributed by atoms with E-state index < -0.39 is 12.1 Å². The molecule has 0 bridgehead atoms. The van der Waals surface area contributed by atoms with Gasteiger partial charge in [-0.3, -0.25) is 58.6 Å². The zero-order valence-electron chi connectivity index (χ0n) is 45.9. The predicted molar refractivity (Wildman–Crippen MR) is 291 cm³/mol. The maximum atomic E-state index is 7.48. The first-order valence-electron chi connectivity index (χ1n) is 19.2. The first-order valence-corrected chi connectivity index (χ1v) is 19.2. The van der Waals surface area contributed by atoms with E-state index in [9.17, 15) is 0 Å². The quantitative estimate of drug-likeness (QED) is 0.0998. The summed E-state index contributed by atoms with van der Waals surface area (Å²) in [5.74, 6) is 0. The van der Waals surface area contributed by atoms with Crippen LogP contribution in [0.1, 0.15) is 97.4 Å². The van der Waals surface area contributed by atoms with E-state index in [0.29, 0.717) is 5.56 Å². The Morgan fingerprint density at radius 3 is 0.866 bits per heavy atom. The van der Waals surface area contributed by atoms with Crippen molar-refractivity contribution in [1.82, 2.24) is 0 Å². The van der Waals surface area contributed by atoms with Crippen molar-refractivity contribution in [3.8, 4) is 0 Å². The fraction of sp³-hybridized carbons (Fsp3) is 0.129. The molecule has 0 aromatic heterocycles. The van der Waals surface area contributed by atoms with E-state index in [1.807, 2.05) is 85.8 Å². The van der Waals surface area contributed by atoms with Gasteiger partial charge in [0.25, 0.3) is 0 Å². The molecule has 4 N–H and O–H groups in total. The monoisotopic (exact) mass is 2140 g/mol. The number of rotatable bonds is 12. The summed E-state index contributed by atoms with van der Waals surface area (Å²) >= 11 is 0. The molecular formula is C62H68N4V4Y12-13. The normalized spacial score (nSPS) is 8.88. The van der Waals surface area contributed by atoms with E-state index in [1.165, 1.54) is 48.6 Å². The third-order valence-electron chi connectivity index (χ3n) is 6.50. The van der Waals surface area contributed by atoms with E-state index in [4.69, 9.17) is 75.6 Å². The van der Waals surface area contributed by atoms with Gasteiger partial charge < -0.3 is 138 Å². The van der Waals surface area contributed by atoms with Gasteiger partial charge in [0.2, 0.25) is 0 Å². The number of benzene rings is 4. The molecule has 4 rings (SSSR count). The Morgan fingerprint density at radius 2 is 0.634 bits per heavy atom. The molecule has 82 heavy (non-hydrogen) atoms. The van der Waals surface area contributed by atoms with Crippen molar-refractivity contribution < 1.29 is 467 Å². The summed E-state index contributed by atoms with van der Waals surface area (Å²) in [5.41, 5.74) is 36.6. The van der Waals surface area contributed by atoms with E-state index in [0.717, 1.165) is 38.9 Å². The van der Waals surface area contributed by atoms with Crippen LogP contribution in [0.2, 0.25) is 0 Å². The van der Waals surface area contributed by atoms with E-state index in [-0.39, 0.29) is 494 Å². The van der Waals surface area contributed by atoms with Gasteiger partial charge in [0.05, 0.1) is 0 Å². The van der Waals surface area contributed by atoms with Gasteiger partial charge >= 0.3 is 117 Å². The van der Waals surface area contributed by atoms with Crippen LogP contribution < -0.4 is 0 Å². The minimum Gasteiger partial charge on any atom is -0.700 e. The van der Waals surface area contributed by atoms with Gasteiger partial charge in [-0.05, 0) is 0 Å². The number of hydrogen-bond acceptors (Lipinski definition) is 0. The van der Waals surface area contributed by atoms with Gasteiger partial charge in [0.15, 0.2) is 0 Å². The Kier molecular flexibility index (Phi) is 226. The van der Waals surface area contributed by atoms with Gasteiger partial charge in [-0.1, -0.05) is 28.7 Å². The van der Waals surface area contributed by atoms with Crippen molar-refractivity contribution in [2.75, 3.05) is 0 Å². The summed E-state index contributed by atoms with van der Waals surface area (Å²) in [7, 11) is 0. The SMILES string of the molecule is C.C.[CH-]=CC=[CH-].[CH-]=CC=[CH-].[CH-]=CC=[CH-].[CH-]=CC=[CH-].[CH2-]C=Cc1[c-]c(C(C)[NH-])[c-]cc1.[CH2-]C=Cc1[c-]c(C(C)[NH-])ccc1.[CH2-]C=Cc1[c-]c(C([CH2-])[NH-])[c-]cc1.[CH2-]C=Cc1[c-]c(C([CH2-])[NH-])ccc1.[V+2].[V].[V].[V].[Y+3].[Y+3].[Y+3].[Y].[Y].[Y].[Y].[Y].[Y].[Y].[Y].[Y]. The summed E-state index contributed by atoms with van der Waals surface area (Å²) in [4.78, 5) is 0. The number of hydrogen-bond donors (Lipinski definition) is 0. The van der Waals surface area contributed by atoms with Gasteiger partial charge in [0, 0.05) is 350 Å². The average Bonchev–Trinajstić information content (AvgIpc) is 3.30. The Bertz CT molecular complexity index is 1730. The summed E-state index contributed by atoms with van der Waals surface area (Å²) < 4.78 is 0. The van der Waals surface area contributed by atoms with Gasteiger partial charge in [-0.25, -0.2) is 76.3 Å². The summed E-state index contributed by atoms with van der Waals surface area (Å²) in [6.45, 7) is 63.0. The Labute approximate surface area is 855 Å². The molecule has 4 nitrogen and oxygen atoms in total. The second-order valence-corrected chi connectivity index (χ2v) is 11.8. The van der Waals surface area contributed by atoms with Gasteiger partial charge in [-0.15, -0.1) is 60.1 Å². The third kappa shape index (κ3) is 105. The van der Waals surface area contributed by atoms with Gasteiger partial charge in [0.1, 0.15) is 0 Å². The third-order valence-corrected chi connectivity index (χ3v) is 6.50. The van der Waals surface area contributed by atoms with Crippen molar-refractivity contribution in [3.05, 3.63) is 332 Å². The smallest absolute Gasteiger partial charge is 0.700 e. The average molecular weight is 2140 g/mol. The minimum atomic E-state index is -0.511. The molecular weight excluding hydrogens is 2070 g/mol. The molecule has 20 heteroatoms. The van der Waals surface area contributed by atoms with Crippen molar-refractivity contribution in [3.63, 3.8) is 0 Å². The fourth-order valence-corrected chi connectivity index (χ4v) is 3.69. The molecule has 0 fully saturated rings. The maximum Gasteiger partial charge on any atom is 3.00 e. The molecule has 0 amide bonds. The van der Waals surface area contributed by atoms with Crippen molar-refractivity contribution in [2.45, 2.75) is 52.9 Å². The van der Waals surface area contributed by atoms with Gasteiger partial charge in [-0.2, -0.15) is 47.0 Å². The van der Waals surface area contributed by atoms with Crippen molar-refractivity contribution in [2.24, 2.45) is 0 Å². The van der Waals surface area contributed by atoms with Crippen LogP contribution in [0.5, 0.6) is 0 Å². The van der Waals surface area contributed by atoms with E-state index >= 15 is 0 Å². The molecule has 4 aromatic rings. The molecule has 0 aliphatic rings. The molecule has 0 aliphatic heterocycles. The number of allylic oxidation sites excluding steroid dienone is 12. The second kappa shape index (κ2) is 120. The maximum absolute atomic E-state index is 7.48. The molecule has 4 aromatic carbocycles. The largest absolute Gasteiger partial charge is 3.00 e. The molecule has 4 unspecified atom stereocenters. The summed E-state index contributed by atoms with van der Waals surface area (Å²) in [5, 5.41) is 0. The van der Waals surface area contributed by atoms with Crippen LogP contribution in [0.3, 0.4) is 0 Å². The van der Waals surface area contributed by atoms with Crippen LogP contribution in [0.25, 0.3) is 47.2 Å². The molecule has 13 radical (unpaired) electrons. The van der Waals surface area contributed by atoms with Crippen LogP contribution >= 0.6 is 0 Å². The standard InChI is InChI=1S/C11H12N.2C11H11N.C11H10N.4C4H4.2CH4.4V.12Y/c4*1-3-5-10-6-4-7-11(8-10)9(2)12;4*1-3-4-2;;;;;;;;;;;;;;;;;;/h3-7,9,12H,1H2,2H3;3-6,9,12H,1H2,2H3;3-7,9,12H,1-2H2;3-6,9,12H,1-2H2;4*1-4H;2*1H4;;;;;;;;;;;;;;;;/q-3;2*-4;-5;4*-2;;;;;;+2;;;;;;;;;;3*+3. The fourth-order valence-electron chi connectivity index (χ4n) is 3.69.